The molecule has 0 radical (unpaired) electrons. The highest BCUT2D eigenvalue weighted by Crippen LogP contribution is 2.30. The summed E-state index contributed by atoms with van der Waals surface area (Å²) in [6, 6.07) is 6.70. The number of fused-ring (bicyclic) bond motifs is 2. The third-order valence-corrected chi connectivity index (χ3v) is 5.12. The zero-order chi connectivity index (χ0) is 16.7. The van der Waals surface area contributed by atoms with Gasteiger partial charge < -0.3 is 5.32 Å². The minimum absolute atomic E-state index is 0.180. The molecule has 0 saturated heterocycles. The van der Waals surface area contributed by atoms with Gasteiger partial charge >= 0.3 is 5.69 Å². The van der Waals surface area contributed by atoms with E-state index in [0.717, 1.165) is 25.0 Å². The number of thiazole rings is 1. The van der Waals surface area contributed by atoms with E-state index in [1.54, 1.807) is 24.3 Å². The summed E-state index contributed by atoms with van der Waals surface area (Å²) >= 11 is 1.48. The number of nitrogens with one attached hydrogen (secondary N) is 2. The summed E-state index contributed by atoms with van der Waals surface area (Å²) < 4.78 is 1.26. The molecule has 0 atom stereocenters. The molecular weight excluding hydrogens is 328 g/mol. The van der Waals surface area contributed by atoms with E-state index in [9.17, 15) is 14.4 Å². The van der Waals surface area contributed by atoms with Crippen LogP contribution in [0.15, 0.2) is 33.9 Å². The van der Waals surface area contributed by atoms with Crippen LogP contribution < -0.4 is 16.6 Å². The van der Waals surface area contributed by atoms with Crippen molar-refractivity contribution in [3.8, 4) is 0 Å². The van der Waals surface area contributed by atoms with Crippen molar-refractivity contribution in [3.63, 3.8) is 0 Å². The standard InChI is InChI=1S/C16H14N4O3S/c21-13(18-15-17-10-5-3-7-12(10)24-15)8-20-11-6-2-1-4-9(11)14(22)19-16(20)23/h1-2,4,6H,3,5,7-8H2,(H,17,18,21)(H,19,22,23). The Morgan fingerprint density at radius 2 is 2.12 bits per heavy atom. The van der Waals surface area contributed by atoms with Crippen molar-refractivity contribution in [1.29, 1.82) is 0 Å². The van der Waals surface area contributed by atoms with E-state index in [0.29, 0.717) is 16.0 Å². The maximum atomic E-state index is 12.3. The first kappa shape index (κ1) is 14.8. The number of hydrogen-bond acceptors (Lipinski definition) is 5. The van der Waals surface area contributed by atoms with Crippen LogP contribution >= 0.6 is 11.3 Å². The molecule has 0 unspecified atom stereocenters. The third kappa shape index (κ3) is 2.54. The molecule has 0 saturated carbocycles. The van der Waals surface area contributed by atoms with Gasteiger partial charge in [-0.1, -0.05) is 12.1 Å². The van der Waals surface area contributed by atoms with Gasteiger partial charge in [0.25, 0.3) is 5.56 Å². The van der Waals surface area contributed by atoms with E-state index >= 15 is 0 Å². The predicted molar refractivity (Wildman–Crippen MR) is 91.6 cm³/mol. The molecule has 0 fully saturated rings. The van der Waals surface area contributed by atoms with Crippen LogP contribution in [0, 0.1) is 0 Å². The Hall–Kier alpha value is -2.74. The quantitative estimate of drug-likeness (QED) is 0.749. The van der Waals surface area contributed by atoms with Gasteiger partial charge in [-0.05, 0) is 31.4 Å². The van der Waals surface area contributed by atoms with E-state index in [1.807, 2.05) is 0 Å². The number of aromatic amines is 1. The van der Waals surface area contributed by atoms with Gasteiger partial charge in [0.05, 0.1) is 16.6 Å². The third-order valence-electron chi connectivity index (χ3n) is 4.05. The summed E-state index contributed by atoms with van der Waals surface area (Å²) in [7, 11) is 0. The molecule has 7 nitrogen and oxygen atoms in total. The van der Waals surface area contributed by atoms with Crippen molar-refractivity contribution in [2.45, 2.75) is 25.8 Å². The summed E-state index contributed by atoms with van der Waals surface area (Å²) in [6.45, 7) is -0.180. The number of anilines is 1. The van der Waals surface area contributed by atoms with Crippen LogP contribution in [0.4, 0.5) is 5.13 Å². The van der Waals surface area contributed by atoms with Crippen LogP contribution in [0.2, 0.25) is 0 Å². The minimum Gasteiger partial charge on any atom is -0.300 e. The van der Waals surface area contributed by atoms with Gasteiger partial charge in [0.1, 0.15) is 6.54 Å². The van der Waals surface area contributed by atoms with Gasteiger partial charge in [0, 0.05) is 4.88 Å². The monoisotopic (exact) mass is 342 g/mol. The van der Waals surface area contributed by atoms with E-state index < -0.39 is 11.2 Å². The fraction of sp³-hybridized carbons (Fsp3) is 0.250. The maximum Gasteiger partial charge on any atom is 0.329 e. The first-order valence-corrected chi connectivity index (χ1v) is 8.44. The van der Waals surface area contributed by atoms with Crippen LogP contribution in [0.3, 0.4) is 0 Å². The SMILES string of the molecule is O=C(Cn1c(=O)[nH]c(=O)c2ccccc21)Nc1nc2c(s1)CCC2. The van der Waals surface area contributed by atoms with Gasteiger partial charge in [-0.3, -0.25) is 19.1 Å². The molecule has 1 aliphatic rings. The topological polar surface area (TPSA) is 96.9 Å². The van der Waals surface area contributed by atoms with Crippen molar-refractivity contribution in [1.82, 2.24) is 14.5 Å². The number of nitrogens with zero attached hydrogens (tertiary/aromatic N) is 2. The molecule has 1 aliphatic carbocycles. The Kier molecular flexibility index (Phi) is 3.53. The number of aromatic nitrogens is 3. The van der Waals surface area contributed by atoms with Crippen LogP contribution in [0.1, 0.15) is 17.0 Å². The molecular formula is C16H14N4O3S. The number of amides is 1. The lowest BCUT2D eigenvalue weighted by molar-refractivity contribution is -0.116. The van der Waals surface area contributed by atoms with Crippen molar-refractivity contribution in [2.24, 2.45) is 0 Å². The van der Waals surface area contributed by atoms with Crippen LogP contribution in [0.5, 0.6) is 0 Å². The number of aryl methyl sites for hydroxylation is 2. The Morgan fingerprint density at radius 1 is 1.29 bits per heavy atom. The number of H-pyrrole nitrogens is 1. The summed E-state index contributed by atoms with van der Waals surface area (Å²) in [5, 5.41) is 3.68. The van der Waals surface area contributed by atoms with Gasteiger partial charge in [0.15, 0.2) is 5.13 Å². The smallest absolute Gasteiger partial charge is 0.300 e. The van der Waals surface area contributed by atoms with E-state index in [2.05, 4.69) is 15.3 Å². The minimum atomic E-state index is -0.601. The molecule has 122 valence electrons. The molecule has 3 aromatic rings. The maximum absolute atomic E-state index is 12.3. The zero-order valence-corrected chi connectivity index (χ0v) is 13.5. The van der Waals surface area contributed by atoms with E-state index in [1.165, 1.54) is 20.8 Å². The largest absolute Gasteiger partial charge is 0.329 e. The Labute approximate surface area is 140 Å². The Morgan fingerprint density at radius 3 is 2.96 bits per heavy atom. The molecule has 0 spiro atoms. The summed E-state index contributed by atoms with van der Waals surface area (Å²) in [4.78, 5) is 44.1. The second-order valence-electron chi connectivity index (χ2n) is 5.65. The molecule has 1 amide bonds. The first-order chi connectivity index (χ1) is 11.6. The zero-order valence-electron chi connectivity index (χ0n) is 12.7. The molecule has 4 rings (SSSR count). The number of carbonyl (C=O) groups is 1. The van der Waals surface area contributed by atoms with Gasteiger partial charge in [-0.25, -0.2) is 9.78 Å². The molecule has 24 heavy (non-hydrogen) atoms. The number of para-hydroxylation sites is 1. The Bertz CT molecular complexity index is 1040. The fourth-order valence-electron chi connectivity index (χ4n) is 2.95. The van der Waals surface area contributed by atoms with Crippen LogP contribution in [0.25, 0.3) is 10.9 Å². The van der Waals surface area contributed by atoms with Crippen molar-refractivity contribution >= 4 is 33.3 Å². The predicted octanol–water partition coefficient (Wildman–Crippen LogP) is 1.27. The summed E-state index contributed by atoms with van der Waals surface area (Å²) in [5.74, 6) is -0.346. The first-order valence-electron chi connectivity index (χ1n) is 7.62. The van der Waals surface area contributed by atoms with Crippen LogP contribution in [-0.2, 0) is 24.2 Å². The number of benzene rings is 1. The summed E-state index contributed by atoms with van der Waals surface area (Å²) in [6.07, 6.45) is 3.07. The van der Waals surface area contributed by atoms with Crippen molar-refractivity contribution < 1.29 is 4.79 Å². The Balaban J connectivity index is 1.63. The van der Waals surface area contributed by atoms with Crippen LogP contribution in [-0.4, -0.2) is 20.4 Å². The number of hydrogen-bond donors (Lipinski definition) is 2. The van der Waals surface area contributed by atoms with Gasteiger partial charge in [-0.15, -0.1) is 11.3 Å². The number of rotatable bonds is 3. The molecule has 2 N–H and O–H groups in total. The van der Waals surface area contributed by atoms with Crippen molar-refractivity contribution in [2.75, 3.05) is 5.32 Å². The average Bonchev–Trinajstić information content (AvgIpc) is 3.12. The molecule has 1 aromatic carbocycles. The molecule has 8 heteroatoms. The number of carbonyl (C=O) groups excluding carboxylic acids is 1. The van der Waals surface area contributed by atoms with Gasteiger partial charge in [0.2, 0.25) is 5.91 Å². The molecule has 2 aromatic heterocycles. The second-order valence-corrected chi connectivity index (χ2v) is 6.74. The molecule has 0 bridgehead atoms. The lowest BCUT2D eigenvalue weighted by Gasteiger charge is -2.08. The highest BCUT2D eigenvalue weighted by Gasteiger charge is 2.18. The van der Waals surface area contributed by atoms with Gasteiger partial charge in [-0.2, -0.15) is 0 Å². The average molecular weight is 342 g/mol. The normalized spacial score (nSPS) is 13.2. The molecule has 2 heterocycles. The summed E-state index contributed by atoms with van der Waals surface area (Å²) in [5.41, 5.74) is 0.434. The lowest BCUT2D eigenvalue weighted by atomic mass is 10.2. The fourth-order valence-corrected chi connectivity index (χ4v) is 4.01. The van der Waals surface area contributed by atoms with E-state index in [-0.39, 0.29) is 12.5 Å². The second kappa shape index (κ2) is 5.72. The highest BCUT2D eigenvalue weighted by molar-refractivity contribution is 7.15. The molecule has 0 aliphatic heterocycles. The lowest BCUT2D eigenvalue weighted by Crippen LogP contribution is -2.34. The van der Waals surface area contributed by atoms with E-state index in [4.69, 9.17) is 0 Å². The highest BCUT2D eigenvalue weighted by atomic mass is 32.1. The van der Waals surface area contributed by atoms with Crippen molar-refractivity contribution in [3.05, 3.63) is 55.7 Å².